The number of benzene rings is 1. The van der Waals surface area contributed by atoms with E-state index in [4.69, 9.17) is 9.84 Å². The summed E-state index contributed by atoms with van der Waals surface area (Å²) < 4.78 is 5.73. The standard InChI is InChI=1S/C18H22N2O3S/c21-12-11-19-7-9-20(10-8-19)18(22)15-3-5-16(6-4-15)23-14-17-2-1-13-24-17/h1-6,13,21H,7-12,14H2. The predicted molar refractivity (Wildman–Crippen MR) is 94.5 cm³/mol. The number of aliphatic hydroxyl groups is 1. The minimum Gasteiger partial charge on any atom is -0.488 e. The second-order valence-corrected chi connectivity index (χ2v) is 6.78. The SMILES string of the molecule is O=C(c1ccc(OCc2cccs2)cc1)N1CCN(CCO)CC1. The van der Waals surface area contributed by atoms with Gasteiger partial charge < -0.3 is 14.7 Å². The maximum atomic E-state index is 12.5. The Kier molecular flexibility index (Phi) is 5.85. The summed E-state index contributed by atoms with van der Waals surface area (Å²) in [6.45, 7) is 4.44. The van der Waals surface area contributed by atoms with Gasteiger partial charge in [0, 0.05) is 43.2 Å². The van der Waals surface area contributed by atoms with E-state index in [1.165, 1.54) is 4.88 Å². The molecule has 0 aliphatic carbocycles. The normalized spacial score (nSPS) is 15.5. The van der Waals surface area contributed by atoms with Crippen molar-refractivity contribution in [1.82, 2.24) is 9.80 Å². The summed E-state index contributed by atoms with van der Waals surface area (Å²) in [5, 5.41) is 11.0. The molecule has 0 atom stereocenters. The maximum absolute atomic E-state index is 12.5. The third kappa shape index (κ3) is 4.35. The second-order valence-electron chi connectivity index (χ2n) is 5.75. The van der Waals surface area contributed by atoms with E-state index < -0.39 is 0 Å². The van der Waals surface area contributed by atoms with Crippen LogP contribution in [0.3, 0.4) is 0 Å². The number of nitrogens with zero attached hydrogens (tertiary/aromatic N) is 2. The van der Waals surface area contributed by atoms with Crippen molar-refractivity contribution >= 4 is 17.2 Å². The average Bonchev–Trinajstić information content (AvgIpc) is 3.14. The van der Waals surface area contributed by atoms with Gasteiger partial charge in [0.1, 0.15) is 12.4 Å². The lowest BCUT2D eigenvalue weighted by molar-refractivity contribution is 0.0615. The molecule has 1 N–H and O–H groups in total. The summed E-state index contributed by atoms with van der Waals surface area (Å²) in [6, 6.07) is 11.4. The third-order valence-corrected chi connectivity index (χ3v) is 4.99. The van der Waals surface area contributed by atoms with Gasteiger partial charge in [0.05, 0.1) is 6.61 Å². The molecule has 6 heteroatoms. The maximum Gasteiger partial charge on any atom is 0.253 e. The van der Waals surface area contributed by atoms with Gasteiger partial charge >= 0.3 is 0 Å². The zero-order chi connectivity index (χ0) is 16.8. The Balaban J connectivity index is 1.52. The van der Waals surface area contributed by atoms with Crippen LogP contribution in [0.5, 0.6) is 5.75 Å². The van der Waals surface area contributed by atoms with Crippen LogP contribution in [0.15, 0.2) is 41.8 Å². The third-order valence-electron chi connectivity index (χ3n) is 4.14. The number of thiophene rings is 1. The molecule has 1 aromatic carbocycles. The molecule has 0 saturated carbocycles. The summed E-state index contributed by atoms with van der Waals surface area (Å²) in [5.41, 5.74) is 0.689. The number of hydrogen-bond acceptors (Lipinski definition) is 5. The first kappa shape index (κ1) is 17.0. The van der Waals surface area contributed by atoms with E-state index in [0.29, 0.717) is 31.8 Å². The predicted octanol–water partition coefficient (Wildman–Crippen LogP) is 2.08. The molecule has 5 nitrogen and oxygen atoms in total. The first-order chi connectivity index (χ1) is 11.8. The summed E-state index contributed by atoms with van der Waals surface area (Å²) >= 11 is 1.67. The van der Waals surface area contributed by atoms with Crippen LogP contribution in [0.1, 0.15) is 15.2 Å². The molecule has 128 valence electrons. The van der Waals surface area contributed by atoms with E-state index in [-0.39, 0.29) is 12.5 Å². The first-order valence-electron chi connectivity index (χ1n) is 8.14. The van der Waals surface area contributed by atoms with E-state index in [9.17, 15) is 4.79 Å². The Morgan fingerprint density at radius 2 is 1.88 bits per heavy atom. The molecular formula is C18H22N2O3S. The molecule has 3 rings (SSSR count). The number of rotatable bonds is 6. The molecule has 0 radical (unpaired) electrons. The van der Waals surface area contributed by atoms with Crippen LogP contribution in [0.4, 0.5) is 0 Å². The lowest BCUT2D eigenvalue weighted by Crippen LogP contribution is -2.49. The van der Waals surface area contributed by atoms with Gasteiger partial charge in [-0.3, -0.25) is 9.69 Å². The second kappa shape index (κ2) is 8.28. The van der Waals surface area contributed by atoms with Crippen molar-refractivity contribution in [2.75, 3.05) is 39.3 Å². The molecule has 1 aliphatic rings. The van der Waals surface area contributed by atoms with Gasteiger partial charge in [-0.05, 0) is 35.7 Å². The van der Waals surface area contributed by atoms with Crippen molar-refractivity contribution in [2.45, 2.75) is 6.61 Å². The van der Waals surface area contributed by atoms with E-state index in [1.807, 2.05) is 46.7 Å². The van der Waals surface area contributed by atoms with Gasteiger partial charge in [-0.15, -0.1) is 11.3 Å². The molecule has 1 saturated heterocycles. The monoisotopic (exact) mass is 346 g/mol. The van der Waals surface area contributed by atoms with E-state index in [2.05, 4.69) is 4.90 Å². The van der Waals surface area contributed by atoms with Crippen molar-refractivity contribution in [3.05, 3.63) is 52.2 Å². The molecule has 1 fully saturated rings. The number of piperazine rings is 1. The van der Waals surface area contributed by atoms with Crippen LogP contribution in [0.2, 0.25) is 0 Å². The fourth-order valence-electron chi connectivity index (χ4n) is 2.74. The summed E-state index contributed by atoms with van der Waals surface area (Å²) in [6.07, 6.45) is 0. The molecule has 1 aliphatic heterocycles. The largest absolute Gasteiger partial charge is 0.488 e. The Hall–Kier alpha value is -1.89. The fraction of sp³-hybridized carbons (Fsp3) is 0.389. The van der Waals surface area contributed by atoms with Crippen LogP contribution in [0.25, 0.3) is 0 Å². The highest BCUT2D eigenvalue weighted by Gasteiger charge is 2.21. The Morgan fingerprint density at radius 1 is 1.12 bits per heavy atom. The molecular weight excluding hydrogens is 324 g/mol. The lowest BCUT2D eigenvalue weighted by atomic mass is 10.1. The number of carbonyl (C=O) groups is 1. The average molecular weight is 346 g/mol. The van der Waals surface area contributed by atoms with Crippen LogP contribution in [0, 0.1) is 0 Å². The Bertz CT molecular complexity index is 635. The van der Waals surface area contributed by atoms with Crippen molar-refractivity contribution in [2.24, 2.45) is 0 Å². The van der Waals surface area contributed by atoms with Gasteiger partial charge in [-0.2, -0.15) is 0 Å². The highest BCUT2D eigenvalue weighted by Crippen LogP contribution is 2.17. The van der Waals surface area contributed by atoms with Crippen LogP contribution < -0.4 is 4.74 Å². The zero-order valence-corrected chi connectivity index (χ0v) is 14.4. The minimum absolute atomic E-state index is 0.0588. The van der Waals surface area contributed by atoms with E-state index in [1.54, 1.807) is 11.3 Å². The molecule has 0 unspecified atom stereocenters. The van der Waals surface area contributed by atoms with Gasteiger partial charge in [0.25, 0.3) is 5.91 Å². The topological polar surface area (TPSA) is 53.0 Å². The van der Waals surface area contributed by atoms with E-state index in [0.717, 1.165) is 18.8 Å². The molecule has 2 heterocycles. The highest BCUT2D eigenvalue weighted by molar-refractivity contribution is 7.09. The number of amides is 1. The number of aliphatic hydroxyl groups excluding tert-OH is 1. The Labute approximate surface area is 146 Å². The van der Waals surface area contributed by atoms with Gasteiger partial charge in [-0.1, -0.05) is 6.07 Å². The molecule has 2 aromatic rings. The molecule has 1 amide bonds. The lowest BCUT2D eigenvalue weighted by Gasteiger charge is -2.34. The zero-order valence-electron chi connectivity index (χ0n) is 13.6. The summed E-state index contributed by atoms with van der Waals surface area (Å²) in [7, 11) is 0. The smallest absolute Gasteiger partial charge is 0.253 e. The number of hydrogen-bond donors (Lipinski definition) is 1. The number of ether oxygens (including phenoxy) is 1. The fourth-order valence-corrected chi connectivity index (χ4v) is 3.36. The van der Waals surface area contributed by atoms with Crippen molar-refractivity contribution in [3.8, 4) is 5.75 Å². The van der Waals surface area contributed by atoms with Crippen molar-refractivity contribution < 1.29 is 14.6 Å². The minimum atomic E-state index is 0.0588. The highest BCUT2D eigenvalue weighted by atomic mass is 32.1. The quantitative estimate of drug-likeness (QED) is 0.870. The van der Waals surface area contributed by atoms with Gasteiger partial charge in [-0.25, -0.2) is 0 Å². The van der Waals surface area contributed by atoms with Crippen molar-refractivity contribution in [3.63, 3.8) is 0 Å². The van der Waals surface area contributed by atoms with Gasteiger partial charge in [0.15, 0.2) is 0 Å². The van der Waals surface area contributed by atoms with Crippen molar-refractivity contribution in [1.29, 1.82) is 0 Å². The molecule has 0 bridgehead atoms. The van der Waals surface area contributed by atoms with E-state index >= 15 is 0 Å². The van der Waals surface area contributed by atoms with Crippen LogP contribution in [-0.2, 0) is 6.61 Å². The van der Waals surface area contributed by atoms with Gasteiger partial charge in [0.2, 0.25) is 0 Å². The number of carbonyl (C=O) groups excluding carboxylic acids is 1. The first-order valence-corrected chi connectivity index (χ1v) is 9.02. The summed E-state index contributed by atoms with van der Waals surface area (Å²) in [5.74, 6) is 0.830. The molecule has 0 spiro atoms. The van der Waals surface area contributed by atoms with Crippen LogP contribution in [-0.4, -0.2) is 60.1 Å². The Morgan fingerprint density at radius 3 is 2.50 bits per heavy atom. The number of β-amino-alcohol motifs (C(OH)–C–C–N with tert-alkyl or cyclic N) is 1. The molecule has 1 aromatic heterocycles. The van der Waals surface area contributed by atoms with Crippen LogP contribution >= 0.6 is 11.3 Å². The summed E-state index contributed by atoms with van der Waals surface area (Å²) in [4.78, 5) is 17.8. The molecule has 24 heavy (non-hydrogen) atoms.